The summed E-state index contributed by atoms with van der Waals surface area (Å²) >= 11 is 0. The van der Waals surface area contributed by atoms with Crippen molar-refractivity contribution in [2.24, 2.45) is 5.92 Å². The number of amides is 2. The number of anilines is 1. The Bertz CT molecular complexity index is 539. The highest BCUT2D eigenvalue weighted by Gasteiger charge is 2.18. The number of benzene rings is 1. The van der Waals surface area contributed by atoms with Gasteiger partial charge in [-0.05, 0) is 38.3 Å². The van der Waals surface area contributed by atoms with Crippen molar-refractivity contribution in [2.75, 3.05) is 18.4 Å². The lowest BCUT2D eigenvalue weighted by molar-refractivity contribution is -0.121. The van der Waals surface area contributed by atoms with E-state index in [4.69, 9.17) is 0 Å². The highest BCUT2D eigenvalue weighted by Crippen LogP contribution is 2.15. The number of hydrogen-bond acceptors (Lipinski definition) is 3. The fourth-order valence-electron chi connectivity index (χ4n) is 1.91. The van der Waals surface area contributed by atoms with Crippen molar-refractivity contribution in [2.45, 2.75) is 46.6 Å². The van der Waals surface area contributed by atoms with Gasteiger partial charge in [-0.2, -0.15) is 0 Å². The highest BCUT2D eigenvalue weighted by molar-refractivity contribution is 6.00. The van der Waals surface area contributed by atoms with E-state index in [1.807, 2.05) is 52.8 Å². The average molecular weight is 319 g/mol. The van der Waals surface area contributed by atoms with Crippen LogP contribution in [0.2, 0.25) is 0 Å². The molecule has 5 nitrogen and oxygen atoms in total. The maximum atomic E-state index is 12.2. The van der Waals surface area contributed by atoms with Crippen LogP contribution in [-0.2, 0) is 4.79 Å². The van der Waals surface area contributed by atoms with Gasteiger partial charge in [-0.15, -0.1) is 0 Å². The molecule has 1 aromatic rings. The summed E-state index contributed by atoms with van der Waals surface area (Å²) in [5, 5.41) is 8.91. The van der Waals surface area contributed by atoms with E-state index in [2.05, 4.69) is 16.0 Å². The molecule has 0 unspecified atom stereocenters. The van der Waals surface area contributed by atoms with Gasteiger partial charge in [0.05, 0.1) is 12.1 Å². The molecule has 0 aliphatic carbocycles. The molecule has 128 valence electrons. The molecule has 0 saturated heterocycles. The molecular formula is C18H29N3O2. The summed E-state index contributed by atoms with van der Waals surface area (Å²) in [6.45, 7) is 10.9. The van der Waals surface area contributed by atoms with Gasteiger partial charge in [0.1, 0.15) is 0 Å². The Kier molecular flexibility index (Phi) is 7.07. The minimum atomic E-state index is -0.229. The average Bonchev–Trinajstić information content (AvgIpc) is 2.50. The number of carbonyl (C=O) groups excluding carboxylic acids is 2. The lowest BCUT2D eigenvalue weighted by Gasteiger charge is -2.24. The first-order chi connectivity index (χ1) is 10.7. The normalized spacial score (nSPS) is 11.2. The molecular weight excluding hydrogens is 290 g/mol. The molecule has 0 heterocycles. The quantitative estimate of drug-likeness (QED) is 0.690. The lowest BCUT2D eigenvalue weighted by atomic mass is 10.0. The third kappa shape index (κ3) is 6.72. The Labute approximate surface area is 139 Å². The molecule has 23 heavy (non-hydrogen) atoms. The third-order valence-corrected chi connectivity index (χ3v) is 3.64. The van der Waals surface area contributed by atoms with E-state index in [1.54, 1.807) is 6.07 Å². The van der Waals surface area contributed by atoms with Gasteiger partial charge in [0.15, 0.2) is 0 Å². The van der Waals surface area contributed by atoms with Crippen LogP contribution in [0, 0.1) is 5.92 Å². The fraction of sp³-hybridized carbons (Fsp3) is 0.556. The highest BCUT2D eigenvalue weighted by atomic mass is 16.2. The van der Waals surface area contributed by atoms with Gasteiger partial charge < -0.3 is 16.0 Å². The number of para-hydroxylation sites is 1. The molecule has 0 aromatic heterocycles. The standard InChI is InChI=1S/C18H29N3O2/c1-6-18(4,5)21-16(22)12-19-15-10-8-7-9-14(15)17(23)20-11-13(2)3/h7-10,13,19H,6,11-12H2,1-5H3,(H,20,23)(H,21,22). The van der Waals surface area contributed by atoms with Crippen molar-refractivity contribution >= 4 is 17.5 Å². The smallest absolute Gasteiger partial charge is 0.253 e. The van der Waals surface area contributed by atoms with Crippen LogP contribution in [0.4, 0.5) is 5.69 Å². The summed E-state index contributed by atoms with van der Waals surface area (Å²) in [5.41, 5.74) is 0.987. The van der Waals surface area contributed by atoms with Gasteiger partial charge >= 0.3 is 0 Å². The Morgan fingerprint density at radius 2 is 1.83 bits per heavy atom. The van der Waals surface area contributed by atoms with E-state index in [0.29, 0.717) is 23.7 Å². The molecule has 1 aromatic carbocycles. The van der Waals surface area contributed by atoms with Crippen molar-refractivity contribution < 1.29 is 9.59 Å². The Morgan fingerprint density at radius 1 is 1.17 bits per heavy atom. The molecule has 0 spiro atoms. The van der Waals surface area contributed by atoms with Crippen molar-refractivity contribution in [3.63, 3.8) is 0 Å². The molecule has 1 rings (SSSR count). The van der Waals surface area contributed by atoms with Crippen LogP contribution >= 0.6 is 0 Å². The maximum Gasteiger partial charge on any atom is 0.253 e. The molecule has 0 aliphatic heterocycles. The SMILES string of the molecule is CCC(C)(C)NC(=O)CNc1ccccc1C(=O)NCC(C)C. The lowest BCUT2D eigenvalue weighted by Crippen LogP contribution is -2.45. The summed E-state index contributed by atoms with van der Waals surface area (Å²) in [6.07, 6.45) is 0.854. The summed E-state index contributed by atoms with van der Waals surface area (Å²) in [6, 6.07) is 7.22. The molecule has 0 atom stereocenters. The monoisotopic (exact) mass is 319 g/mol. The van der Waals surface area contributed by atoms with Crippen LogP contribution in [0.1, 0.15) is 51.4 Å². The van der Waals surface area contributed by atoms with E-state index in [9.17, 15) is 9.59 Å². The summed E-state index contributed by atoms with van der Waals surface area (Å²) in [5.74, 6) is 0.173. The van der Waals surface area contributed by atoms with Crippen molar-refractivity contribution in [1.29, 1.82) is 0 Å². The van der Waals surface area contributed by atoms with Crippen molar-refractivity contribution in [1.82, 2.24) is 10.6 Å². The van der Waals surface area contributed by atoms with E-state index < -0.39 is 0 Å². The molecule has 2 amide bonds. The Hall–Kier alpha value is -2.04. The van der Waals surface area contributed by atoms with Crippen LogP contribution in [0.25, 0.3) is 0 Å². The topological polar surface area (TPSA) is 70.2 Å². The predicted molar refractivity (Wildman–Crippen MR) is 94.6 cm³/mol. The van der Waals surface area contributed by atoms with Gasteiger partial charge in [0.2, 0.25) is 5.91 Å². The van der Waals surface area contributed by atoms with Crippen LogP contribution < -0.4 is 16.0 Å². The van der Waals surface area contributed by atoms with E-state index in [0.717, 1.165) is 6.42 Å². The maximum absolute atomic E-state index is 12.2. The van der Waals surface area contributed by atoms with Crippen LogP contribution in [0.15, 0.2) is 24.3 Å². The van der Waals surface area contributed by atoms with Gasteiger partial charge in [-0.3, -0.25) is 9.59 Å². The number of hydrogen-bond donors (Lipinski definition) is 3. The second kappa shape index (κ2) is 8.56. The molecule has 0 fully saturated rings. The molecule has 3 N–H and O–H groups in total. The summed E-state index contributed by atoms with van der Waals surface area (Å²) in [4.78, 5) is 24.3. The van der Waals surface area contributed by atoms with Crippen LogP contribution in [0.3, 0.4) is 0 Å². The fourth-order valence-corrected chi connectivity index (χ4v) is 1.91. The zero-order valence-electron chi connectivity index (χ0n) is 14.8. The van der Waals surface area contributed by atoms with Gasteiger partial charge in [0.25, 0.3) is 5.91 Å². The molecule has 0 radical (unpaired) electrons. The molecule has 0 saturated carbocycles. The van der Waals surface area contributed by atoms with Crippen LogP contribution in [0.5, 0.6) is 0 Å². The number of carbonyl (C=O) groups is 2. The zero-order chi connectivity index (χ0) is 17.5. The Morgan fingerprint density at radius 3 is 2.43 bits per heavy atom. The summed E-state index contributed by atoms with van der Waals surface area (Å²) in [7, 11) is 0. The number of nitrogens with one attached hydrogen (secondary N) is 3. The second-order valence-electron chi connectivity index (χ2n) is 6.79. The van der Waals surface area contributed by atoms with Crippen molar-refractivity contribution in [3.05, 3.63) is 29.8 Å². The van der Waals surface area contributed by atoms with Gasteiger partial charge in [-0.25, -0.2) is 0 Å². The van der Waals surface area contributed by atoms with Gasteiger partial charge in [0, 0.05) is 17.8 Å². The van der Waals surface area contributed by atoms with E-state index in [-0.39, 0.29) is 23.9 Å². The minimum absolute atomic E-state index is 0.0887. The first-order valence-corrected chi connectivity index (χ1v) is 8.17. The Balaban J connectivity index is 2.67. The second-order valence-corrected chi connectivity index (χ2v) is 6.79. The van der Waals surface area contributed by atoms with Gasteiger partial charge in [-0.1, -0.05) is 32.9 Å². The minimum Gasteiger partial charge on any atom is -0.376 e. The summed E-state index contributed by atoms with van der Waals surface area (Å²) < 4.78 is 0. The number of rotatable bonds is 8. The van der Waals surface area contributed by atoms with Crippen LogP contribution in [-0.4, -0.2) is 30.4 Å². The molecule has 0 bridgehead atoms. The zero-order valence-corrected chi connectivity index (χ0v) is 14.8. The first-order valence-electron chi connectivity index (χ1n) is 8.17. The third-order valence-electron chi connectivity index (χ3n) is 3.64. The van der Waals surface area contributed by atoms with Crippen molar-refractivity contribution in [3.8, 4) is 0 Å². The molecule has 5 heteroatoms. The molecule has 0 aliphatic rings. The first kappa shape index (κ1) is 19.0. The van der Waals surface area contributed by atoms with E-state index >= 15 is 0 Å². The largest absolute Gasteiger partial charge is 0.376 e. The predicted octanol–water partition coefficient (Wildman–Crippen LogP) is 2.79. The van der Waals surface area contributed by atoms with E-state index in [1.165, 1.54) is 0 Å².